The van der Waals surface area contributed by atoms with E-state index < -0.39 is 17.0 Å². The molecule has 0 aliphatic carbocycles. The van der Waals surface area contributed by atoms with E-state index in [-0.39, 0.29) is 27.9 Å². The maximum Gasteiger partial charge on any atom is 0.349 e. The van der Waals surface area contributed by atoms with Crippen LogP contribution in [0.5, 0.6) is 0 Å². The van der Waals surface area contributed by atoms with Crippen molar-refractivity contribution in [3.05, 3.63) is 27.1 Å². The zero-order valence-electron chi connectivity index (χ0n) is 13.4. The molecule has 2 rings (SSSR count). The second kappa shape index (κ2) is 7.08. The van der Waals surface area contributed by atoms with Gasteiger partial charge in [-0.25, -0.2) is 4.79 Å². The van der Waals surface area contributed by atoms with Gasteiger partial charge in [-0.3, -0.25) is 14.9 Å². The number of likely N-dealkylation sites (tertiary alicyclic amines) is 1. The topological polar surface area (TPSA) is 89.7 Å². The zero-order chi connectivity index (χ0) is 17.1. The summed E-state index contributed by atoms with van der Waals surface area (Å²) in [7, 11) is 0. The molecule has 126 valence electrons. The molecule has 7 nitrogen and oxygen atoms in total. The van der Waals surface area contributed by atoms with Gasteiger partial charge in [-0.15, -0.1) is 0 Å². The number of carbonyl (C=O) groups excluding carboxylic acids is 2. The van der Waals surface area contributed by atoms with Gasteiger partial charge in [0.1, 0.15) is 4.88 Å². The van der Waals surface area contributed by atoms with Crippen LogP contribution in [0, 0.1) is 10.1 Å². The highest BCUT2D eigenvalue weighted by molar-refractivity contribution is 7.17. The second-order valence-corrected chi connectivity index (χ2v) is 6.88. The number of nitro groups is 1. The first kappa shape index (κ1) is 17.4. The summed E-state index contributed by atoms with van der Waals surface area (Å²) in [6.45, 7) is 5.52. The minimum atomic E-state index is -0.911. The molecule has 0 saturated carbocycles. The van der Waals surface area contributed by atoms with Crippen molar-refractivity contribution in [1.82, 2.24) is 4.90 Å². The Bertz CT molecular complexity index is 605. The molecule has 23 heavy (non-hydrogen) atoms. The predicted molar refractivity (Wildman–Crippen MR) is 85.5 cm³/mol. The van der Waals surface area contributed by atoms with E-state index in [0.717, 1.165) is 30.6 Å². The lowest BCUT2D eigenvalue weighted by atomic mass is 9.97. The number of rotatable bonds is 4. The van der Waals surface area contributed by atoms with Crippen molar-refractivity contribution in [1.29, 1.82) is 0 Å². The Balaban J connectivity index is 2.02. The van der Waals surface area contributed by atoms with E-state index >= 15 is 0 Å². The molecule has 0 spiro atoms. The van der Waals surface area contributed by atoms with E-state index in [1.807, 2.05) is 13.8 Å². The highest BCUT2D eigenvalue weighted by Crippen LogP contribution is 2.26. The number of hydrogen-bond acceptors (Lipinski definition) is 6. The molecule has 3 atom stereocenters. The van der Waals surface area contributed by atoms with Crippen LogP contribution in [0.15, 0.2) is 12.1 Å². The quantitative estimate of drug-likeness (QED) is 0.477. The van der Waals surface area contributed by atoms with Gasteiger partial charge in [-0.1, -0.05) is 11.3 Å². The fraction of sp³-hybridized carbons (Fsp3) is 0.600. The third kappa shape index (κ3) is 3.87. The molecule has 1 amide bonds. The Hall–Kier alpha value is -1.96. The average molecular weight is 340 g/mol. The molecule has 0 N–H and O–H groups in total. The van der Waals surface area contributed by atoms with E-state index in [4.69, 9.17) is 4.74 Å². The number of thiophene rings is 1. The maximum absolute atomic E-state index is 12.5. The molecule has 1 fully saturated rings. The lowest BCUT2D eigenvalue weighted by molar-refractivity contribution is -0.380. The Labute approximate surface area is 138 Å². The summed E-state index contributed by atoms with van der Waals surface area (Å²) < 4.78 is 5.20. The highest BCUT2D eigenvalue weighted by atomic mass is 32.1. The second-order valence-electron chi connectivity index (χ2n) is 5.82. The monoisotopic (exact) mass is 340 g/mol. The summed E-state index contributed by atoms with van der Waals surface area (Å²) in [6.07, 6.45) is 2.05. The van der Waals surface area contributed by atoms with Crippen molar-refractivity contribution in [3.63, 3.8) is 0 Å². The highest BCUT2D eigenvalue weighted by Gasteiger charge is 2.33. The molecule has 0 unspecified atom stereocenters. The van der Waals surface area contributed by atoms with Crippen molar-refractivity contribution in [2.75, 3.05) is 0 Å². The minimum absolute atomic E-state index is 0.121. The number of esters is 1. The molecular weight excluding hydrogens is 320 g/mol. The van der Waals surface area contributed by atoms with Crippen LogP contribution in [0.4, 0.5) is 5.00 Å². The van der Waals surface area contributed by atoms with E-state index in [9.17, 15) is 19.7 Å². The van der Waals surface area contributed by atoms with Crippen molar-refractivity contribution < 1.29 is 19.2 Å². The van der Waals surface area contributed by atoms with Gasteiger partial charge in [0.2, 0.25) is 0 Å². The Morgan fingerprint density at radius 1 is 1.35 bits per heavy atom. The first-order valence-corrected chi connectivity index (χ1v) is 8.40. The molecule has 1 aliphatic heterocycles. The Morgan fingerprint density at radius 2 is 1.96 bits per heavy atom. The third-order valence-electron chi connectivity index (χ3n) is 4.05. The molecule has 1 aromatic rings. The van der Waals surface area contributed by atoms with Gasteiger partial charge in [-0.2, -0.15) is 0 Å². The number of piperidine rings is 1. The third-order valence-corrected chi connectivity index (χ3v) is 5.07. The molecule has 0 bridgehead atoms. The van der Waals surface area contributed by atoms with Crippen molar-refractivity contribution in [2.24, 2.45) is 0 Å². The first-order chi connectivity index (χ1) is 10.8. The molecule has 8 heteroatoms. The molecule has 1 aromatic heterocycles. The van der Waals surface area contributed by atoms with Crippen LogP contribution in [-0.2, 0) is 9.53 Å². The summed E-state index contributed by atoms with van der Waals surface area (Å²) in [6, 6.07) is 2.84. The molecular formula is C15H20N2O5S. The van der Waals surface area contributed by atoms with E-state index in [1.54, 1.807) is 4.90 Å². The minimum Gasteiger partial charge on any atom is -0.448 e. The SMILES string of the molecule is C[C@@H](OC(=O)c1ccc([N+](=O)[O-])s1)C(=O)N1[C@@H](C)CCC[C@@H]1C. The van der Waals surface area contributed by atoms with E-state index in [0.29, 0.717) is 0 Å². The van der Waals surface area contributed by atoms with Crippen LogP contribution in [0.3, 0.4) is 0 Å². The molecule has 0 aromatic carbocycles. The van der Waals surface area contributed by atoms with E-state index in [1.165, 1.54) is 19.1 Å². The largest absolute Gasteiger partial charge is 0.448 e. The summed E-state index contributed by atoms with van der Waals surface area (Å²) in [5.74, 6) is -0.926. The van der Waals surface area contributed by atoms with Crippen molar-refractivity contribution >= 4 is 28.2 Å². The van der Waals surface area contributed by atoms with Gasteiger partial charge < -0.3 is 9.64 Å². The fourth-order valence-corrected chi connectivity index (χ4v) is 3.57. The number of nitrogens with zero attached hydrogens (tertiary/aromatic N) is 2. The van der Waals surface area contributed by atoms with Crippen LogP contribution in [-0.4, -0.2) is 39.9 Å². The zero-order valence-corrected chi connectivity index (χ0v) is 14.2. The Morgan fingerprint density at radius 3 is 2.48 bits per heavy atom. The molecule has 1 saturated heterocycles. The van der Waals surface area contributed by atoms with Gasteiger partial charge in [0.25, 0.3) is 5.91 Å². The lowest BCUT2D eigenvalue weighted by Gasteiger charge is -2.40. The molecule has 2 heterocycles. The number of ether oxygens (including phenoxy) is 1. The average Bonchev–Trinajstić information content (AvgIpc) is 2.96. The van der Waals surface area contributed by atoms with Gasteiger partial charge in [0, 0.05) is 18.2 Å². The van der Waals surface area contributed by atoms with Crippen LogP contribution >= 0.6 is 11.3 Å². The number of amides is 1. The number of hydrogen-bond donors (Lipinski definition) is 0. The summed E-state index contributed by atoms with van der Waals surface area (Å²) in [5.41, 5.74) is 0. The first-order valence-electron chi connectivity index (χ1n) is 7.58. The lowest BCUT2D eigenvalue weighted by Crippen LogP contribution is -2.51. The van der Waals surface area contributed by atoms with Crippen LogP contribution in [0.2, 0.25) is 0 Å². The normalized spacial score (nSPS) is 22.5. The van der Waals surface area contributed by atoms with Crippen molar-refractivity contribution in [2.45, 2.75) is 58.2 Å². The van der Waals surface area contributed by atoms with Gasteiger partial charge >= 0.3 is 11.0 Å². The van der Waals surface area contributed by atoms with Crippen molar-refractivity contribution in [3.8, 4) is 0 Å². The summed E-state index contributed by atoms with van der Waals surface area (Å²) >= 11 is 0.741. The summed E-state index contributed by atoms with van der Waals surface area (Å²) in [4.78, 5) is 36.6. The van der Waals surface area contributed by atoms with Gasteiger partial charge in [0.05, 0.1) is 4.92 Å². The molecule has 1 aliphatic rings. The smallest absolute Gasteiger partial charge is 0.349 e. The summed E-state index contributed by atoms with van der Waals surface area (Å²) in [5, 5.41) is 10.5. The maximum atomic E-state index is 12.5. The Kier molecular flexibility index (Phi) is 5.35. The van der Waals surface area contributed by atoms with Crippen LogP contribution < -0.4 is 0 Å². The fourth-order valence-electron chi connectivity index (χ4n) is 2.87. The van der Waals surface area contributed by atoms with Gasteiger partial charge in [-0.05, 0) is 46.1 Å². The van der Waals surface area contributed by atoms with Crippen LogP contribution in [0.25, 0.3) is 0 Å². The molecule has 0 radical (unpaired) electrons. The van der Waals surface area contributed by atoms with Crippen LogP contribution in [0.1, 0.15) is 49.7 Å². The van der Waals surface area contributed by atoms with Gasteiger partial charge in [0.15, 0.2) is 6.10 Å². The number of carbonyl (C=O) groups is 2. The van der Waals surface area contributed by atoms with E-state index in [2.05, 4.69) is 0 Å². The predicted octanol–water partition coefficient (Wildman–Crippen LogP) is 2.99. The standard InChI is InChI=1S/C15H20N2O5S/c1-9-5-4-6-10(2)16(9)14(18)11(3)22-15(19)12-7-8-13(23-12)17(20)21/h7-11H,4-6H2,1-3H3/t9-,10-,11+/m0/s1.